The van der Waals surface area contributed by atoms with Gasteiger partial charge < -0.3 is 5.11 Å². The molecule has 0 spiro atoms. The van der Waals surface area contributed by atoms with Gasteiger partial charge in [0, 0.05) is 10.7 Å². The number of hydrogen-bond acceptors (Lipinski definition) is 3. The van der Waals surface area contributed by atoms with Gasteiger partial charge in [0.25, 0.3) is 11.8 Å². The second-order valence-electron chi connectivity index (χ2n) is 3.99. The summed E-state index contributed by atoms with van der Waals surface area (Å²) in [7, 11) is 0. The molecule has 2 amide bonds. The Morgan fingerprint density at radius 2 is 1.47 bits per heavy atom. The zero-order valence-electron chi connectivity index (χ0n) is 9.65. The van der Waals surface area contributed by atoms with Crippen molar-refractivity contribution in [2.24, 2.45) is 0 Å². The van der Waals surface area contributed by atoms with E-state index in [4.69, 9.17) is 5.11 Å². The Morgan fingerprint density at radius 1 is 1.05 bits per heavy atom. The molecule has 1 N–H and O–H groups in total. The van der Waals surface area contributed by atoms with E-state index in [2.05, 4.69) is 31.9 Å². The molecule has 2 rings (SSSR count). The fourth-order valence-electron chi connectivity index (χ4n) is 2.04. The summed E-state index contributed by atoms with van der Waals surface area (Å²) >= 11 is 6.53. The molecule has 0 bridgehead atoms. The fourth-order valence-corrected chi connectivity index (χ4v) is 2.98. The lowest BCUT2D eigenvalue weighted by atomic mass is 9.99. The van der Waals surface area contributed by atoms with Crippen molar-refractivity contribution in [3.05, 3.63) is 34.4 Å². The van der Waals surface area contributed by atoms with E-state index in [1.54, 1.807) is 12.1 Å². The van der Waals surface area contributed by atoms with E-state index in [-0.39, 0.29) is 0 Å². The smallest absolute Gasteiger partial charge is 0.323 e. The van der Waals surface area contributed by atoms with Gasteiger partial charge in [-0.2, -0.15) is 0 Å². The van der Waals surface area contributed by atoms with E-state index in [1.807, 2.05) is 0 Å². The molecule has 1 aliphatic heterocycles. The number of halogens is 2. The molecule has 0 fully saturated rings. The van der Waals surface area contributed by atoms with Crippen LogP contribution < -0.4 is 0 Å². The average Bonchev–Trinajstić information content (AvgIpc) is 2.63. The van der Waals surface area contributed by atoms with Crippen LogP contribution in [0.15, 0.2) is 12.1 Å². The SMILES string of the molecule is O=C(O)CN1C(=O)c2c(CBr)ccc(CBr)c2C1=O. The standard InChI is InChI=1S/C12H9Br2NO4/c13-3-6-1-2-7(4-14)10-9(6)11(18)15(12(10)19)5-8(16)17/h1-2H,3-5H2,(H,16,17). The minimum absolute atomic E-state index is 0.306. The third-order valence-corrected chi connectivity index (χ3v) is 4.09. The molecule has 0 atom stereocenters. The summed E-state index contributed by atoms with van der Waals surface area (Å²) in [6.07, 6.45) is 0. The van der Waals surface area contributed by atoms with Crippen LogP contribution in [0.2, 0.25) is 0 Å². The lowest BCUT2D eigenvalue weighted by molar-refractivity contribution is -0.137. The Hall–Kier alpha value is -1.21. The van der Waals surface area contributed by atoms with E-state index in [0.29, 0.717) is 32.9 Å². The normalized spacial score (nSPS) is 13.9. The van der Waals surface area contributed by atoms with Gasteiger partial charge in [0.1, 0.15) is 6.54 Å². The van der Waals surface area contributed by atoms with Crippen LogP contribution in [0.4, 0.5) is 0 Å². The molecule has 5 nitrogen and oxygen atoms in total. The summed E-state index contributed by atoms with van der Waals surface area (Å²) in [6, 6.07) is 3.53. The van der Waals surface area contributed by atoms with Crippen LogP contribution >= 0.6 is 31.9 Å². The molecule has 7 heteroatoms. The molecule has 1 heterocycles. The number of amides is 2. The van der Waals surface area contributed by atoms with E-state index in [9.17, 15) is 14.4 Å². The summed E-state index contributed by atoms with van der Waals surface area (Å²) in [6.45, 7) is -0.615. The molecule has 1 aromatic rings. The first-order valence-corrected chi connectivity index (χ1v) is 7.60. The highest BCUT2D eigenvalue weighted by atomic mass is 79.9. The Balaban J connectivity index is 2.59. The number of carbonyl (C=O) groups excluding carboxylic acids is 2. The van der Waals surface area contributed by atoms with Crippen molar-refractivity contribution in [1.82, 2.24) is 4.90 Å². The Bertz CT molecular complexity index is 542. The summed E-state index contributed by atoms with van der Waals surface area (Å²) in [5.41, 5.74) is 1.98. The number of fused-ring (bicyclic) bond motifs is 1. The highest BCUT2D eigenvalue weighted by Crippen LogP contribution is 2.31. The molecule has 0 unspecified atom stereocenters. The molecule has 19 heavy (non-hydrogen) atoms. The number of carbonyl (C=O) groups is 3. The minimum atomic E-state index is -1.21. The molecular formula is C12H9Br2NO4. The molecule has 100 valence electrons. The molecule has 0 aliphatic carbocycles. The monoisotopic (exact) mass is 389 g/mol. The first kappa shape index (κ1) is 14.2. The predicted molar refractivity (Wildman–Crippen MR) is 74.7 cm³/mol. The van der Waals surface area contributed by atoms with Crippen LogP contribution in [0.3, 0.4) is 0 Å². The number of hydrogen-bond donors (Lipinski definition) is 1. The first-order chi connectivity index (χ1) is 9.01. The van der Waals surface area contributed by atoms with Crippen molar-refractivity contribution in [3.8, 4) is 0 Å². The van der Waals surface area contributed by atoms with E-state index in [0.717, 1.165) is 4.90 Å². The van der Waals surface area contributed by atoms with Crippen molar-refractivity contribution in [1.29, 1.82) is 0 Å². The zero-order valence-corrected chi connectivity index (χ0v) is 12.8. The van der Waals surface area contributed by atoms with Crippen molar-refractivity contribution in [2.45, 2.75) is 10.7 Å². The Kier molecular flexibility index (Phi) is 4.05. The maximum atomic E-state index is 12.2. The number of carboxylic acid groups (broad SMARTS) is 1. The van der Waals surface area contributed by atoms with Gasteiger partial charge in [0.05, 0.1) is 11.1 Å². The van der Waals surface area contributed by atoms with Gasteiger partial charge in [-0.3, -0.25) is 19.3 Å². The zero-order chi connectivity index (χ0) is 14.2. The predicted octanol–water partition coefficient (Wildman–Crippen LogP) is 2.16. The van der Waals surface area contributed by atoms with E-state index < -0.39 is 24.3 Å². The third-order valence-electron chi connectivity index (χ3n) is 2.88. The second kappa shape index (κ2) is 5.42. The molecular weight excluding hydrogens is 382 g/mol. The number of rotatable bonds is 4. The Labute approximate surface area is 125 Å². The highest BCUT2D eigenvalue weighted by molar-refractivity contribution is 9.08. The van der Waals surface area contributed by atoms with Crippen LogP contribution in [0.1, 0.15) is 31.8 Å². The maximum Gasteiger partial charge on any atom is 0.323 e. The lowest BCUT2D eigenvalue weighted by Crippen LogP contribution is -2.34. The van der Waals surface area contributed by atoms with Gasteiger partial charge in [-0.25, -0.2) is 0 Å². The van der Waals surface area contributed by atoms with E-state index >= 15 is 0 Å². The molecule has 1 aromatic carbocycles. The fraction of sp³-hybridized carbons (Fsp3) is 0.250. The number of carboxylic acids is 1. The Morgan fingerprint density at radius 3 is 1.79 bits per heavy atom. The van der Waals surface area contributed by atoms with Crippen molar-refractivity contribution < 1.29 is 19.5 Å². The van der Waals surface area contributed by atoms with Crippen LogP contribution in [0.5, 0.6) is 0 Å². The van der Waals surface area contributed by atoms with Gasteiger partial charge in [-0.05, 0) is 11.1 Å². The van der Waals surface area contributed by atoms with Gasteiger partial charge in [0.2, 0.25) is 0 Å². The van der Waals surface area contributed by atoms with Crippen molar-refractivity contribution in [3.63, 3.8) is 0 Å². The summed E-state index contributed by atoms with van der Waals surface area (Å²) < 4.78 is 0. The molecule has 1 aliphatic rings. The van der Waals surface area contributed by atoms with E-state index in [1.165, 1.54) is 0 Å². The number of nitrogens with zero attached hydrogens (tertiary/aromatic N) is 1. The second-order valence-corrected chi connectivity index (χ2v) is 5.11. The minimum Gasteiger partial charge on any atom is -0.480 e. The van der Waals surface area contributed by atoms with Gasteiger partial charge in [-0.1, -0.05) is 44.0 Å². The molecule has 0 saturated carbocycles. The van der Waals surface area contributed by atoms with Gasteiger partial charge in [-0.15, -0.1) is 0 Å². The van der Waals surface area contributed by atoms with Gasteiger partial charge in [0.15, 0.2) is 0 Å². The first-order valence-electron chi connectivity index (χ1n) is 5.36. The van der Waals surface area contributed by atoms with Crippen molar-refractivity contribution in [2.75, 3.05) is 6.54 Å². The molecule has 0 radical (unpaired) electrons. The third kappa shape index (κ3) is 2.32. The van der Waals surface area contributed by atoms with Crippen LogP contribution in [0, 0.1) is 0 Å². The summed E-state index contributed by atoms with van der Waals surface area (Å²) in [5.74, 6) is -2.30. The number of benzene rings is 1. The van der Waals surface area contributed by atoms with Gasteiger partial charge >= 0.3 is 5.97 Å². The number of alkyl halides is 2. The van der Waals surface area contributed by atoms with Crippen LogP contribution in [-0.2, 0) is 15.5 Å². The molecule has 0 aromatic heterocycles. The molecule has 0 saturated heterocycles. The number of imide groups is 1. The summed E-state index contributed by atoms with van der Waals surface area (Å²) in [4.78, 5) is 35.9. The summed E-state index contributed by atoms with van der Waals surface area (Å²) in [5, 5.41) is 9.63. The average molecular weight is 391 g/mol. The number of aliphatic carboxylic acids is 1. The topological polar surface area (TPSA) is 74.7 Å². The lowest BCUT2D eigenvalue weighted by Gasteiger charge is -2.10. The van der Waals surface area contributed by atoms with Crippen LogP contribution in [0.25, 0.3) is 0 Å². The van der Waals surface area contributed by atoms with Crippen molar-refractivity contribution >= 4 is 49.6 Å². The maximum absolute atomic E-state index is 12.2. The largest absolute Gasteiger partial charge is 0.480 e. The highest BCUT2D eigenvalue weighted by Gasteiger charge is 2.39. The quantitative estimate of drug-likeness (QED) is 0.631. The van der Waals surface area contributed by atoms with Crippen LogP contribution in [-0.4, -0.2) is 34.3 Å².